The van der Waals surface area contributed by atoms with Crippen molar-refractivity contribution in [3.05, 3.63) is 52.9 Å². The van der Waals surface area contributed by atoms with Crippen LogP contribution in [-0.2, 0) is 4.74 Å². The first kappa shape index (κ1) is 15.4. The Labute approximate surface area is 136 Å². The van der Waals surface area contributed by atoms with Crippen LogP contribution in [0.1, 0.15) is 46.6 Å². The molecule has 2 aromatic rings. The molecule has 1 heterocycles. The molecule has 3 rings (SSSR count). The van der Waals surface area contributed by atoms with Crippen LogP contribution < -0.4 is 0 Å². The van der Waals surface area contributed by atoms with E-state index in [1.807, 2.05) is 26.0 Å². The van der Waals surface area contributed by atoms with Crippen LogP contribution in [-0.4, -0.2) is 23.0 Å². The number of esters is 1. The Morgan fingerprint density at radius 2 is 1.65 bits per heavy atom. The lowest BCUT2D eigenvalue weighted by Crippen LogP contribution is -2.10. The fourth-order valence-electron chi connectivity index (χ4n) is 3.01. The molecule has 0 amide bonds. The van der Waals surface area contributed by atoms with Gasteiger partial charge in [-0.1, -0.05) is 30.3 Å². The molecule has 118 valence electrons. The van der Waals surface area contributed by atoms with Crippen LogP contribution in [0.4, 0.5) is 0 Å². The fourth-order valence-corrected chi connectivity index (χ4v) is 3.01. The summed E-state index contributed by atoms with van der Waals surface area (Å²) in [6, 6.07) is 8.32. The number of methoxy groups -OCH3 is 1. The first-order valence-electron chi connectivity index (χ1n) is 7.83. The molecule has 1 aromatic carbocycles. The molecule has 0 radical (unpaired) electrons. The van der Waals surface area contributed by atoms with Crippen molar-refractivity contribution in [3.63, 3.8) is 0 Å². The number of hydrogen-bond acceptors (Lipinski definition) is 4. The van der Waals surface area contributed by atoms with E-state index in [0.717, 1.165) is 12.0 Å². The Morgan fingerprint density at radius 3 is 2.17 bits per heavy atom. The van der Waals surface area contributed by atoms with Crippen LogP contribution >= 0.6 is 0 Å². The number of benzene rings is 1. The van der Waals surface area contributed by atoms with Crippen molar-refractivity contribution in [2.75, 3.05) is 7.11 Å². The molecule has 1 aliphatic rings. The zero-order valence-corrected chi connectivity index (χ0v) is 13.7. The molecule has 0 unspecified atom stereocenters. The highest BCUT2D eigenvalue weighted by Gasteiger charge is 2.17. The van der Waals surface area contributed by atoms with Crippen LogP contribution in [0.15, 0.2) is 30.3 Å². The highest BCUT2D eigenvalue weighted by atomic mass is 16.5. The van der Waals surface area contributed by atoms with Crippen molar-refractivity contribution < 1.29 is 9.53 Å². The number of nitrogens with zero attached hydrogens (tertiary/aromatic N) is 2. The number of rotatable bonds is 3. The van der Waals surface area contributed by atoms with Crippen molar-refractivity contribution in [2.45, 2.75) is 33.1 Å². The van der Waals surface area contributed by atoms with Crippen LogP contribution in [0.3, 0.4) is 0 Å². The Hall–Kier alpha value is -2.49. The number of carbonyl (C=O) groups is 1. The van der Waals surface area contributed by atoms with E-state index in [-0.39, 0.29) is 0 Å². The molecule has 0 bridgehead atoms. The van der Waals surface area contributed by atoms with Gasteiger partial charge in [0.1, 0.15) is 5.56 Å². The molecule has 0 N–H and O–H groups in total. The maximum absolute atomic E-state index is 11.8. The Kier molecular flexibility index (Phi) is 4.24. The molecule has 0 fully saturated rings. The van der Waals surface area contributed by atoms with Crippen molar-refractivity contribution >= 4 is 11.5 Å². The van der Waals surface area contributed by atoms with Gasteiger partial charge >= 0.3 is 5.97 Å². The van der Waals surface area contributed by atoms with Gasteiger partial charge in [-0.2, -0.15) is 0 Å². The van der Waals surface area contributed by atoms with E-state index in [9.17, 15) is 4.79 Å². The van der Waals surface area contributed by atoms with Gasteiger partial charge < -0.3 is 4.74 Å². The Balaban J connectivity index is 1.94. The van der Waals surface area contributed by atoms with Gasteiger partial charge in [-0.3, -0.25) is 0 Å². The third-order valence-corrected chi connectivity index (χ3v) is 4.22. The van der Waals surface area contributed by atoms with Gasteiger partial charge in [0.05, 0.1) is 18.5 Å². The monoisotopic (exact) mass is 308 g/mol. The number of carbonyl (C=O) groups excluding carboxylic acids is 1. The summed E-state index contributed by atoms with van der Waals surface area (Å²) in [4.78, 5) is 20.7. The summed E-state index contributed by atoms with van der Waals surface area (Å²) in [6.07, 6.45) is 5.88. The first-order chi connectivity index (χ1) is 11.1. The number of ether oxygens (including phenoxy) is 1. The van der Waals surface area contributed by atoms with Gasteiger partial charge in [-0.25, -0.2) is 14.8 Å². The number of hydrogen-bond donors (Lipinski definition) is 0. The van der Waals surface area contributed by atoms with Crippen molar-refractivity contribution in [1.29, 1.82) is 0 Å². The van der Waals surface area contributed by atoms with Crippen molar-refractivity contribution in [2.24, 2.45) is 0 Å². The van der Waals surface area contributed by atoms with Crippen LogP contribution in [0.2, 0.25) is 0 Å². The van der Waals surface area contributed by atoms with Crippen LogP contribution in [0.5, 0.6) is 0 Å². The molecule has 23 heavy (non-hydrogen) atoms. The van der Waals surface area contributed by atoms with E-state index in [1.54, 1.807) is 0 Å². The lowest BCUT2D eigenvalue weighted by Gasteiger charge is -2.10. The summed E-state index contributed by atoms with van der Waals surface area (Å²) in [5.41, 5.74) is 5.37. The average molecular weight is 308 g/mol. The topological polar surface area (TPSA) is 52.1 Å². The summed E-state index contributed by atoms with van der Waals surface area (Å²) in [5, 5.41) is 0. The normalized spacial score (nSPS) is 13.8. The van der Waals surface area contributed by atoms with Gasteiger partial charge in [0.15, 0.2) is 5.82 Å². The standard InChI is InChI=1S/C19H20N2O2/c1-12-17(19(22)23-3)13(2)21-18(20-12)16-10-8-15(9-11-16)14-6-4-5-7-14/h6,8-11H,4-5,7H2,1-3H3. The molecule has 1 aliphatic carbocycles. The smallest absolute Gasteiger partial charge is 0.341 e. The molecule has 4 heteroatoms. The molecule has 0 saturated carbocycles. The van der Waals surface area contributed by atoms with Crippen molar-refractivity contribution in [1.82, 2.24) is 9.97 Å². The SMILES string of the molecule is COC(=O)c1c(C)nc(-c2ccc(C3=CCCC3)cc2)nc1C. The predicted octanol–water partition coefficient (Wildman–Crippen LogP) is 4.11. The van der Waals surface area contributed by atoms with Gasteiger partial charge in [0.25, 0.3) is 0 Å². The lowest BCUT2D eigenvalue weighted by molar-refractivity contribution is 0.0598. The minimum Gasteiger partial charge on any atom is -0.465 e. The van der Waals surface area contributed by atoms with E-state index in [1.165, 1.54) is 31.1 Å². The van der Waals surface area contributed by atoms with E-state index < -0.39 is 5.97 Å². The van der Waals surface area contributed by atoms with E-state index in [2.05, 4.69) is 28.2 Å². The molecule has 0 spiro atoms. The molecule has 1 aromatic heterocycles. The molecule has 0 atom stereocenters. The minimum atomic E-state index is -0.393. The minimum absolute atomic E-state index is 0.393. The zero-order valence-electron chi connectivity index (χ0n) is 13.7. The van der Waals surface area contributed by atoms with Gasteiger partial charge in [0, 0.05) is 5.56 Å². The first-order valence-corrected chi connectivity index (χ1v) is 7.83. The number of aryl methyl sites for hydroxylation is 2. The second-order valence-corrected chi connectivity index (χ2v) is 5.78. The average Bonchev–Trinajstić information content (AvgIpc) is 3.08. The second-order valence-electron chi connectivity index (χ2n) is 5.78. The highest BCUT2D eigenvalue weighted by molar-refractivity contribution is 5.91. The molecule has 0 saturated heterocycles. The summed E-state index contributed by atoms with van der Waals surface area (Å²) in [7, 11) is 1.37. The summed E-state index contributed by atoms with van der Waals surface area (Å²) >= 11 is 0. The van der Waals surface area contributed by atoms with Gasteiger partial charge in [-0.15, -0.1) is 0 Å². The molecule has 0 aliphatic heterocycles. The summed E-state index contributed by atoms with van der Waals surface area (Å²) in [6.45, 7) is 3.62. The second kappa shape index (κ2) is 6.32. The van der Waals surface area contributed by atoms with Crippen LogP contribution in [0.25, 0.3) is 17.0 Å². The summed E-state index contributed by atoms with van der Waals surface area (Å²) < 4.78 is 4.79. The fraction of sp³-hybridized carbons (Fsp3) is 0.316. The van der Waals surface area contributed by atoms with E-state index in [4.69, 9.17) is 4.74 Å². The third kappa shape index (κ3) is 3.02. The van der Waals surface area contributed by atoms with Crippen LogP contribution in [0, 0.1) is 13.8 Å². The van der Waals surface area contributed by atoms with Crippen molar-refractivity contribution in [3.8, 4) is 11.4 Å². The third-order valence-electron chi connectivity index (χ3n) is 4.22. The Morgan fingerprint density at radius 1 is 1.04 bits per heavy atom. The molecular formula is C19H20N2O2. The van der Waals surface area contributed by atoms with Gasteiger partial charge in [0.2, 0.25) is 0 Å². The quantitative estimate of drug-likeness (QED) is 0.801. The van der Waals surface area contributed by atoms with E-state index in [0.29, 0.717) is 22.8 Å². The van der Waals surface area contributed by atoms with Gasteiger partial charge in [-0.05, 0) is 44.2 Å². The van der Waals surface area contributed by atoms with E-state index >= 15 is 0 Å². The molecule has 4 nitrogen and oxygen atoms in total. The maximum atomic E-state index is 11.8. The predicted molar refractivity (Wildman–Crippen MR) is 90.1 cm³/mol. The number of allylic oxidation sites excluding steroid dienone is 2. The maximum Gasteiger partial charge on any atom is 0.341 e. The largest absolute Gasteiger partial charge is 0.465 e. The number of aromatic nitrogens is 2. The lowest BCUT2D eigenvalue weighted by atomic mass is 10.0. The highest BCUT2D eigenvalue weighted by Crippen LogP contribution is 2.29. The Bertz CT molecular complexity index is 753. The zero-order chi connectivity index (χ0) is 16.4. The summed E-state index contributed by atoms with van der Waals surface area (Å²) in [5.74, 6) is 0.245. The molecular weight excluding hydrogens is 288 g/mol.